The Morgan fingerprint density at radius 3 is 2.88 bits per heavy atom. The SMILES string of the molecule is N=Cc1cnc(Nc2cn(CCO)cn2)nc1NCc1ccccc1F. The molecule has 3 aromatic rings. The van der Waals surface area contributed by atoms with Gasteiger partial charge in [-0.25, -0.2) is 14.4 Å². The maximum atomic E-state index is 13.7. The summed E-state index contributed by atoms with van der Waals surface area (Å²) in [5, 5.41) is 22.4. The molecule has 8 nitrogen and oxygen atoms in total. The van der Waals surface area contributed by atoms with Crippen molar-refractivity contribution in [2.75, 3.05) is 17.2 Å². The number of hydrogen-bond donors (Lipinski definition) is 4. The number of aliphatic hydroxyl groups is 1. The zero-order valence-electron chi connectivity index (χ0n) is 13.9. The minimum atomic E-state index is -0.307. The summed E-state index contributed by atoms with van der Waals surface area (Å²) >= 11 is 0. The third kappa shape index (κ3) is 4.19. The molecule has 4 N–H and O–H groups in total. The van der Waals surface area contributed by atoms with E-state index in [1.165, 1.54) is 12.3 Å². The van der Waals surface area contributed by atoms with Crippen molar-refractivity contribution in [3.05, 3.63) is 59.9 Å². The molecule has 2 aromatic heterocycles. The molecule has 0 bridgehead atoms. The van der Waals surface area contributed by atoms with Gasteiger partial charge in [-0.1, -0.05) is 18.2 Å². The highest BCUT2D eigenvalue weighted by atomic mass is 19.1. The van der Waals surface area contributed by atoms with Gasteiger partial charge in [0.05, 0.1) is 18.5 Å². The summed E-state index contributed by atoms with van der Waals surface area (Å²) in [6.07, 6.45) is 5.93. The smallest absolute Gasteiger partial charge is 0.230 e. The maximum absolute atomic E-state index is 13.7. The molecule has 3 rings (SSSR count). The van der Waals surface area contributed by atoms with E-state index in [4.69, 9.17) is 10.5 Å². The lowest BCUT2D eigenvalue weighted by atomic mass is 10.2. The van der Waals surface area contributed by atoms with Crippen LogP contribution in [0.25, 0.3) is 0 Å². The van der Waals surface area contributed by atoms with Crippen LogP contribution in [0.3, 0.4) is 0 Å². The molecule has 134 valence electrons. The monoisotopic (exact) mass is 355 g/mol. The van der Waals surface area contributed by atoms with Crippen LogP contribution in [0.2, 0.25) is 0 Å². The number of nitrogens with zero attached hydrogens (tertiary/aromatic N) is 4. The Kier molecular flexibility index (Phi) is 5.49. The van der Waals surface area contributed by atoms with Crippen molar-refractivity contribution in [2.24, 2.45) is 0 Å². The first-order valence-corrected chi connectivity index (χ1v) is 7.94. The molecule has 0 fully saturated rings. The number of imidazole rings is 1. The van der Waals surface area contributed by atoms with Crippen molar-refractivity contribution in [3.8, 4) is 0 Å². The van der Waals surface area contributed by atoms with Gasteiger partial charge in [0.15, 0.2) is 5.82 Å². The summed E-state index contributed by atoms with van der Waals surface area (Å²) in [6.45, 7) is 0.692. The van der Waals surface area contributed by atoms with Gasteiger partial charge in [-0.2, -0.15) is 4.98 Å². The fraction of sp³-hybridized carbons (Fsp3) is 0.176. The number of anilines is 3. The van der Waals surface area contributed by atoms with Crippen molar-refractivity contribution in [1.29, 1.82) is 5.41 Å². The van der Waals surface area contributed by atoms with Crippen molar-refractivity contribution in [3.63, 3.8) is 0 Å². The van der Waals surface area contributed by atoms with E-state index in [0.717, 1.165) is 6.21 Å². The molecule has 0 saturated heterocycles. The van der Waals surface area contributed by atoms with Crippen LogP contribution in [0, 0.1) is 11.2 Å². The van der Waals surface area contributed by atoms with E-state index >= 15 is 0 Å². The second-order valence-corrected chi connectivity index (χ2v) is 5.43. The highest BCUT2D eigenvalue weighted by Gasteiger charge is 2.08. The Morgan fingerprint density at radius 2 is 2.12 bits per heavy atom. The van der Waals surface area contributed by atoms with Crippen LogP contribution in [0.4, 0.5) is 22.0 Å². The Balaban J connectivity index is 1.75. The minimum absolute atomic E-state index is 0.0183. The summed E-state index contributed by atoms with van der Waals surface area (Å²) in [7, 11) is 0. The van der Waals surface area contributed by atoms with Gasteiger partial charge >= 0.3 is 0 Å². The molecule has 0 aliphatic carbocycles. The van der Waals surface area contributed by atoms with Crippen LogP contribution < -0.4 is 10.6 Å². The second kappa shape index (κ2) is 8.17. The second-order valence-electron chi connectivity index (χ2n) is 5.43. The number of rotatable bonds is 8. The molecule has 0 aliphatic rings. The lowest BCUT2D eigenvalue weighted by Gasteiger charge is -2.10. The lowest BCUT2D eigenvalue weighted by Crippen LogP contribution is -2.08. The van der Waals surface area contributed by atoms with E-state index < -0.39 is 0 Å². The average molecular weight is 355 g/mol. The summed E-state index contributed by atoms with van der Waals surface area (Å²) in [5.74, 6) is 0.927. The topological polar surface area (TPSA) is 112 Å². The van der Waals surface area contributed by atoms with Crippen LogP contribution in [-0.2, 0) is 13.1 Å². The van der Waals surface area contributed by atoms with E-state index in [9.17, 15) is 4.39 Å². The molecular weight excluding hydrogens is 337 g/mol. The molecule has 1 aromatic carbocycles. The zero-order valence-corrected chi connectivity index (χ0v) is 13.9. The van der Waals surface area contributed by atoms with Gasteiger partial charge in [0.1, 0.15) is 11.6 Å². The Bertz CT molecular complexity index is 896. The number of aromatic nitrogens is 4. The standard InChI is InChI=1S/C17H18FN7O/c18-14-4-2-1-3-12(14)8-20-16-13(7-19)9-21-17(24-16)23-15-10-25(5-6-26)11-22-15/h1-4,7,9-11,19,26H,5-6,8H2,(H2,20,21,23,24). The molecule has 26 heavy (non-hydrogen) atoms. The first-order chi connectivity index (χ1) is 12.7. The van der Waals surface area contributed by atoms with Crippen LogP contribution in [0.15, 0.2) is 43.0 Å². The predicted octanol–water partition coefficient (Wildman–Crippen LogP) is 2.16. The van der Waals surface area contributed by atoms with Crippen molar-refractivity contribution in [1.82, 2.24) is 19.5 Å². The number of aliphatic hydroxyl groups excluding tert-OH is 1. The van der Waals surface area contributed by atoms with Crippen molar-refractivity contribution in [2.45, 2.75) is 13.1 Å². The van der Waals surface area contributed by atoms with Crippen LogP contribution in [0.1, 0.15) is 11.1 Å². The molecule has 0 unspecified atom stereocenters. The van der Waals surface area contributed by atoms with Gasteiger partial charge in [0, 0.05) is 37.3 Å². The molecule has 0 amide bonds. The third-order valence-corrected chi connectivity index (χ3v) is 3.61. The van der Waals surface area contributed by atoms with E-state index in [-0.39, 0.29) is 19.0 Å². The molecule has 0 spiro atoms. The number of halogens is 1. The van der Waals surface area contributed by atoms with Gasteiger partial charge in [0.2, 0.25) is 5.95 Å². The Labute approximate surface area is 149 Å². The zero-order chi connectivity index (χ0) is 18.4. The highest BCUT2D eigenvalue weighted by Crippen LogP contribution is 2.17. The fourth-order valence-corrected chi connectivity index (χ4v) is 2.30. The molecule has 2 heterocycles. The van der Waals surface area contributed by atoms with E-state index in [2.05, 4.69) is 25.6 Å². The Morgan fingerprint density at radius 1 is 1.27 bits per heavy atom. The normalized spacial score (nSPS) is 10.5. The summed E-state index contributed by atoms with van der Waals surface area (Å²) in [6, 6.07) is 6.46. The van der Waals surface area contributed by atoms with Gasteiger partial charge in [0.25, 0.3) is 0 Å². The summed E-state index contributed by atoms with van der Waals surface area (Å²) in [5.41, 5.74) is 0.983. The number of benzene rings is 1. The molecule has 0 radical (unpaired) electrons. The highest BCUT2D eigenvalue weighted by molar-refractivity contribution is 5.84. The Hall–Kier alpha value is -3.33. The van der Waals surface area contributed by atoms with Crippen LogP contribution in [-0.4, -0.2) is 37.4 Å². The average Bonchev–Trinajstić information content (AvgIpc) is 3.08. The third-order valence-electron chi connectivity index (χ3n) is 3.61. The van der Waals surface area contributed by atoms with Crippen molar-refractivity contribution < 1.29 is 9.50 Å². The van der Waals surface area contributed by atoms with Crippen molar-refractivity contribution >= 4 is 23.8 Å². The largest absolute Gasteiger partial charge is 0.395 e. The predicted molar refractivity (Wildman–Crippen MR) is 96.2 cm³/mol. The number of hydrogen-bond acceptors (Lipinski definition) is 7. The molecule has 0 atom stereocenters. The first kappa shape index (κ1) is 17.5. The summed E-state index contributed by atoms with van der Waals surface area (Å²) < 4.78 is 15.5. The first-order valence-electron chi connectivity index (χ1n) is 7.94. The lowest BCUT2D eigenvalue weighted by molar-refractivity contribution is 0.276. The van der Waals surface area contributed by atoms with E-state index in [1.54, 1.807) is 35.3 Å². The van der Waals surface area contributed by atoms with E-state index in [0.29, 0.717) is 35.3 Å². The fourth-order valence-electron chi connectivity index (χ4n) is 2.30. The van der Waals surface area contributed by atoms with Gasteiger partial charge in [-0.3, -0.25) is 0 Å². The van der Waals surface area contributed by atoms with Gasteiger partial charge in [-0.15, -0.1) is 0 Å². The van der Waals surface area contributed by atoms with Gasteiger partial charge in [-0.05, 0) is 6.07 Å². The molecule has 0 aliphatic heterocycles. The minimum Gasteiger partial charge on any atom is -0.395 e. The van der Waals surface area contributed by atoms with Crippen LogP contribution in [0.5, 0.6) is 0 Å². The summed E-state index contributed by atoms with van der Waals surface area (Å²) in [4.78, 5) is 12.6. The number of nitrogens with one attached hydrogen (secondary N) is 3. The maximum Gasteiger partial charge on any atom is 0.230 e. The molecule has 0 saturated carbocycles. The van der Waals surface area contributed by atoms with Crippen LogP contribution >= 0.6 is 0 Å². The van der Waals surface area contributed by atoms with Gasteiger partial charge < -0.3 is 25.7 Å². The molecule has 9 heteroatoms. The quantitative estimate of drug-likeness (QED) is 0.461. The van der Waals surface area contributed by atoms with E-state index in [1.807, 2.05) is 0 Å². The molecular formula is C17H18FN7O.